The summed E-state index contributed by atoms with van der Waals surface area (Å²) in [7, 11) is 0. The molecule has 0 spiro atoms. The first kappa shape index (κ1) is 26.3. The first-order valence-electron chi connectivity index (χ1n) is 13.4. The molecule has 2 unspecified atom stereocenters. The molecule has 0 radical (unpaired) electrons. The summed E-state index contributed by atoms with van der Waals surface area (Å²) >= 11 is 0. The average molecular weight is 523 g/mol. The van der Waals surface area contributed by atoms with Gasteiger partial charge in [0.2, 0.25) is 5.91 Å². The van der Waals surface area contributed by atoms with Gasteiger partial charge in [0, 0.05) is 37.9 Å². The molecule has 4 fully saturated rings. The van der Waals surface area contributed by atoms with E-state index in [0.29, 0.717) is 24.8 Å². The predicted molar refractivity (Wildman–Crippen MR) is 145 cm³/mol. The van der Waals surface area contributed by atoms with Gasteiger partial charge in [-0.1, -0.05) is 12.1 Å². The number of anilines is 1. The van der Waals surface area contributed by atoms with Gasteiger partial charge >= 0.3 is 11.7 Å². The normalized spacial score (nSPS) is 22.5. The summed E-state index contributed by atoms with van der Waals surface area (Å²) in [6.45, 7) is 7.17. The van der Waals surface area contributed by atoms with E-state index in [0.717, 1.165) is 45.3 Å². The number of aromatic nitrogens is 2. The largest absolute Gasteiger partial charge is 0.354 e. The van der Waals surface area contributed by atoms with Crippen molar-refractivity contribution >= 4 is 17.8 Å². The second-order valence-electron chi connectivity index (χ2n) is 11.4. The van der Waals surface area contributed by atoms with Crippen LogP contribution in [0.2, 0.25) is 0 Å². The van der Waals surface area contributed by atoms with Gasteiger partial charge in [-0.3, -0.25) is 19.6 Å². The number of nitrogens with zero attached hydrogens (tertiary/aromatic N) is 5. The van der Waals surface area contributed by atoms with Crippen LogP contribution in [0.15, 0.2) is 41.3 Å². The van der Waals surface area contributed by atoms with Gasteiger partial charge in [-0.15, -0.1) is 0 Å². The molecule has 3 amide bonds. The van der Waals surface area contributed by atoms with Gasteiger partial charge in [-0.2, -0.15) is 4.98 Å². The van der Waals surface area contributed by atoms with Gasteiger partial charge in [0.1, 0.15) is 5.82 Å². The van der Waals surface area contributed by atoms with E-state index in [4.69, 9.17) is 11.5 Å². The van der Waals surface area contributed by atoms with Crippen molar-refractivity contribution in [2.24, 2.45) is 11.5 Å². The number of amides is 3. The lowest BCUT2D eigenvalue weighted by Crippen LogP contribution is -2.68. The van der Waals surface area contributed by atoms with Crippen LogP contribution in [0.1, 0.15) is 45.1 Å². The van der Waals surface area contributed by atoms with Crippen molar-refractivity contribution < 1.29 is 9.59 Å². The number of hydrogen-bond donors (Lipinski definition) is 3. The van der Waals surface area contributed by atoms with Crippen molar-refractivity contribution in [3.05, 3.63) is 52.6 Å². The zero-order valence-corrected chi connectivity index (χ0v) is 22.2. The van der Waals surface area contributed by atoms with Crippen LogP contribution in [0.25, 0.3) is 5.69 Å². The van der Waals surface area contributed by atoms with Crippen molar-refractivity contribution in [1.29, 1.82) is 0 Å². The number of hydrogen-bond acceptors (Lipinski definition) is 7. The molecule has 4 aliphatic rings. The Hall–Kier alpha value is -3.28. The topological polar surface area (TPSA) is 143 Å². The van der Waals surface area contributed by atoms with E-state index in [1.165, 1.54) is 10.1 Å². The molecule has 1 aromatic carbocycles. The number of urea groups is 1. The number of nitrogens with two attached hydrogens (primary N) is 2. The Bertz CT molecular complexity index is 1230. The zero-order chi connectivity index (χ0) is 27.0. The molecule has 11 nitrogen and oxygen atoms in total. The lowest BCUT2D eigenvalue weighted by molar-refractivity contribution is -0.144. The third-order valence-electron chi connectivity index (χ3n) is 7.89. The highest BCUT2D eigenvalue weighted by molar-refractivity contribution is 5.89. The lowest BCUT2D eigenvalue weighted by Gasteiger charge is -2.52. The maximum Gasteiger partial charge on any atom is 0.354 e. The molecule has 0 aliphatic carbocycles. The van der Waals surface area contributed by atoms with Crippen molar-refractivity contribution in [2.75, 3.05) is 31.5 Å². The number of rotatable bonds is 5. The van der Waals surface area contributed by atoms with Crippen molar-refractivity contribution in [2.45, 2.75) is 69.7 Å². The molecular formula is C27H38N8O3. The van der Waals surface area contributed by atoms with E-state index < -0.39 is 11.2 Å². The maximum absolute atomic E-state index is 13.0. The fourth-order valence-corrected chi connectivity index (χ4v) is 5.68. The molecule has 204 valence electrons. The van der Waals surface area contributed by atoms with Gasteiger partial charge in [0.15, 0.2) is 0 Å². The molecule has 2 bridgehead atoms. The molecule has 4 saturated heterocycles. The Kier molecular flexibility index (Phi) is 7.26. The maximum atomic E-state index is 13.0. The molecule has 5 heterocycles. The third-order valence-corrected chi connectivity index (χ3v) is 7.89. The molecule has 5 N–H and O–H groups in total. The quantitative estimate of drug-likeness (QED) is 0.534. The molecule has 6 rings (SSSR count). The summed E-state index contributed by atoms with van der Waals surface area (Å²) < 4.78 is 1.46. The summed E-state index contributed by atoms with van der Waals surface area (Å²) in [5.74, 6) is 0.107. The van der Waals surface area contributed by atoms with Crippen LogP contribution in [0.5, 0.6) is 0 Å². The number of piperazine rings is 1. The van der Waals surface area contributed by atoms with Crippen LogP contribution < -0.4 is 22.5 Å². The average Bonchev–Trinajstić information content (AvgIpc) is 2.90. The fraction of sp³-hybridized carbons (Fsp3) is 0.556. The molecule has 1 aromatic heterocycles. The van der Waals surface area contributed by atoms with Gasteiger partial charge in [0.25, 0.3) is 0 Å². The predicted octanol–water partition coefficient (Wildman–Crippen LogP) is 1.10. The highest BCUT2D eigenvalue weighted by Crippen LogP contribution is 2.30. The number of nitrogens with one attached hydrogen (secondary N) is 1. The van der Waals surface area contributed by atoms with Crippen LogP contribution in [-0.4, -0.2) is 86.0 Å². The first-order chi connectivity index (χ1) is 18.1. The molecule has 11 heteroatoms. The number of likely N-dealkylation sites (tertiary alicyclic amines) is 1. The van der Waals surface area contributed by atoms with E-state index in [9.17, 15) is 14.4 Å². The standard InChI is InChI=1S/C27H38N8O3/c1-27(2,29)24(36)34-16-22-8-7-21(34)17-35(22)26(38)31-23-11-14-33(25(37)30-23)20-5-3-18(4-6-20)15-32-12-9-19(28)10-13-32/h3-6,11,14,19,21-22H,7-10,12-13,15-17,28-29H2,1-2H3,(H,30,31,37,38). The number of benzene rings is 1. The van der Waals surface area contributed by atoms with Crippen LogP contribution in [0.3, 0.4) is 0 Å². The van der Waals surface area contributed by atoms with Crippen LogP contribution in [-0.2, 0) is 11.3 Å². The van der Waals surface area contributed by atoms with Crippen LogP contribution in [0, 0.1) is 0 Å². The minimum Gasteiger partial charge on any atom is -0.334 e. The Morgan fingerprint density at radius 1 is 1.00 bits per heavy atom. The lowest BCUT2D eigenvalue weighted by atomic mass is 9.89. The van der Waals surface area contributed by atoms with Crippen molar-refractivity contribution in [3.8, 4) is 5.69 Å². The van der Waals surface area contributed by atoms with Crippen molar-refractivity contribution in [1.82, 2.24) is 24.3 Å². The SMILES string of the molecule is CC(C)(N)C(=O)N1CC2CCC1CN2C(=O)Nc1ccn(-c2ccc(CN3CCC(N)CC3)cc2)c(=O)n1. The van der Waals surface area contributed by atoms with E-state index in [2.05, 4.69) is 15.2 Å². The smallest absolute Gasteiger partial charge is 0.334 e. The Labute approximate surface area is 222 Å². The van der Waals surface area contributed by atoms with E-state index in [1.807, 2.05) is 29.2 Å². The minimum absolute atomic E-state index is 0.0579. The zero-order valence-electron chi connectivity index (χ0n) is 22.2. The summed E-state index contributed by atoms with van der Waals surface area (Å²) in [4.78, 5) is 48.6. The molecule has 38 heavy (non-hydrogen) atoms. The van der Waals surface area contributed by atoms with E-state index in [1.54, 1.807) is 31.0 Å². The van der Waals surface area contributed by atoms with Crippen LogP contribution >= 0.6 is 0 Å². The van der Waals surface area contributed by atoms with Crippen LogP contribution in [0.4, 0.5) is 10.6 Å². The first-order valence-corrected chi connectivity index (χ1v) is 13.4. The minimum atomic E-state index is -0.944. The molecular weight excluding hydrogens is 484 g/mol. The van der Waals surface area contributed by atoms with Gasteiger partial charge in [-0.25, -0.2) is 9.59 Å². The molecule has 0 saturated carbocycles. The summed E-state index contributed by atoms with van der Waals surface area (Å²) in [5.41, 5.74) is 12.5. The number of carbonyl (C=O) groups excluding carboxylic acids is 2. The Morgan fingerprint density at radius 3 is 2.21 bits per heavy atom. The summed E-state index contributed by atoms with van der Waals surface area (Å²) in [5, 5.41) is 2.77. The number of piperidine rings is 3. The molecule has 4 aliphatic heterocycles. The number of fused-ring (bicyclic) bond motifs is 3. The van der Waals surface area contributed by atoms with Gasteiger partial charge in [0.05, 0.1) is 17.3 Å². The highest BCUT2D eigenvalue weighted by atomic mass is 16.2. The molecule has 2 aromatic rings. The Balaban J connectivity index is 1.20. The van der Waals surface area contributed by atoms with E-state index >= 15 is 0 Å². The van der Waals surface area contributed by atoms with E-state index in [-0.39, 0.29) is 29.8 Å². The summed E-state index contributed by atoms with van der Waals surface area (Å²) in [6, 6.07) is 9.34. The van der Waals surface area contributed by atoms with Gasteiger partial charge in [-0.05, 0) is 76.4 Å². The monoisotopic (exact) mass is 522 g/mol. The third kappa shape index (κ3) is 5.59. The second kappa shape index (κ2) is 10.5. The summed E-state index contributed by atoms with van der Waals surface area (Å²) in [6.07, 6.45) is 5.33. The molecule has 2 atom stereocenters. The fourth-order valence-electron chi connectivity index (χ4n) is 5.68. The Morgan fingerprint density at radius 2 is 1.63 bits per heavy atom. The highest BCUT2D eigenvalue weighted by Gasteiger charge is 2.45. The van der Waals surface area contributed by atoms with Gasteiger partial charge < -0.3 is 21.3 Å². The number of carbonyl (C=O) groups is 2. The second-order valence-corrected chi connectivity index (χ2v) is 11.4. The van der Waals surface area contributed by atoms with Crippen molar-refractivity contribution in [3.63, 3.8) is 0 Å².